The molecule has 4 rings (SSSR count). The maximum Gasteiger partial charge on any atom is 0.191 e. The number of guanidine groups is 1. The highest BCUT2D eigenvalue weighted by molar-refractivity contribution is 5.80. The molecule has 3 saturated carbocycles. The quantitative estimate of drug-likeness (QED) is 0.621. The van der Waals surface area contributed by atoms with Crippen molar-refractivity contribution in [1.29, 1.82) is 0 Å². The number of fused-ring (bicyclic) bond motifs is 2. The van der Waals surface area contributed by atoms with Crippen LogP contribution in [-0.2, 0) is 4.74 Å². The van der Waals surface area contributed by atoms with E-state index in [1.165, 1.54) is 51.4 Å². The number of nitrogens with zero attached hydrogens (tertiary/aromatic N) is 1. The van der Waals surface area contributed by atoms with Gasteiger partial charge in [-0.2, -0.15) is 0 Å². The van der Waals surface area contributed by atoms with E-state index >= 15 is 0 Å². The van der Waals surface area contributed by atoms with Crippen LogP contribution < -0.4 is 10.6 Å². The minimum Gasteiger partial charge on any atom is -0.377 e. The van der Waals surface area contributed by atoms with Crippen LogP contribution in [0.4, 0.5) is 0 Å². The number of rotatable bonds is 3. The Morgan fingerprint density at radius 2 is 2.04 bits per heavy atom. The van der Waals surface area contributed by atoms with Gasteiger partial charge in [-0.05, 0) is 44.9 Å². The minimum atomic E-state index is 0.428. The molecule has 1 saturated heterocycles. The van der Waals surface area contributed by atoms with Crippen LogP contribution in [0.3, 0.4) is 0 Å². The standard InChI is InChI=1S/C19H33N3O/c1-3-20-18(21-14-7-4-6-13(2)12-14)22-16-15-8-11-23-17(15)19(16)9-5-10-19/h13-17H,3-12H2,1-2H3,(H2,20,21,22). The first kappa shape index (κ1) is 15.7. The summed E-state index contributed by atoms with van der Waals surface area (Å²) in [5, 5.41) is 7.59. The summed E-state index contributed by atoms with van der Waals surface area (Å²) in [4.78, 5) is 4.76. The maximum atomic E-state index is 6.05. The van der Waals surface area contributed by atoms with Crippen molar-refractivity contribution in [3.8, 4) is 0 Å². The van der Waals surface area contributed by atoms with E-state index in [9.17, 15) is 0 Å². The van der Waals surface area contributed by atoms with Gasteiger partial charge in [0.15, 0.2) is 5.96 Å². The topological polar surface area (TPSA) is 45.7 Å². The third-order valence-corrected chi connectivity index (χ3v) is 6.92. The summed E-state index contributed by atoms with van der Waals surface area (Å²) < 4.78 is 6.05. The third-order valence-electron chi connectivity index (χ3n) is 6.92. The predicted molar refractivity (Wildman–Crippen MR) is 93.6 cm³/mol. The Labute approximate surface area is 140 Å². The first-order valence-electron chi connectivity index (χ1n) is 9.92. The normalized spacial score (nSPS) is 41.8. The van der Waals surface area contributed by atoms with Gasteiger partial charge >= 0.3 is 0 Å². The molecule has 5 unspecified atom stereocenters. The molecule has 23 heavy (non-hydrogen) atoms. The van der Waals surface area contributed by atoms with Gasteiger partial charge in [-0.15, -0.1) is 0 Å². The molecule has 5 atom stereocenters. The van der Waals surface area contributed by atoms with Gasteiger partial charge in [0.05, 0.1) is 6.10 Å². The number of hydrogen-bond donors (Lipinski definition) is 2. The summed E-state index contributed by atoms with van der Waals surface area (Å²) in [6.45, 7) is 6.33. The average molecular weight is 319 g/mol. The number of nitrogens with one attached hydrogen (secondary N) is 2. The summed E-state index contributed by atoms with van der Waals surface area (Å²) in [5.74, 6) is 2.62. The molecule has 4 aliphatic rings. The molecule has 0 aromatic heterocycles. The first-order valence-corrected chi connectivity index (χ1v) is 9.92. The van der Waals surface area contributed by atoms with Crippen LogP contribution in [0.2, 0.25) is 0 Å². The van der Waals surface area contributed by atoms with Crippen LogP contribution in [0.25, 0.3) is 0 Å². The summed E-state index contributed by atoms with van der Waals surface area (Å²) in [7, 11) is 0. The van der Waals surface area contributed by atoms with Crippen LogP contribution in [-0.4, -0.2) is 37.3 Å². The largest absolute Gasteiger partial charge is 0.377 e. The molecule has 4 heteroatoms. The Hall–Kier alpha value is -0.770. The van der Waals surface area contributed by atoms with Crippen LogP contribution in [0, 0.1) is 17.3 Å². The molecule has 130 valence electrons. The van der Waals surface area contributed by atoms with Gasteiger partial charge in [0.1, 0.15) is 0 Å². The molecule has 1 spiro atoms. The second kappa shape index (κ2) is 6.27. The molecule has 1 heterocycles. The first-order chi connectivity index (χ1) is 11.2. The lowest BCUT2D eigenvalue weighted by Gasteiger charge is -2.63. The van der Waals surface area contributed by atoms with Gasteiger partial charge in [-0.3, -0.25) is 4.99 Å². The molecular formula is C19H33N3O. The van der Waals surface area contributed by atoms with Crippen molar-refractivity contribution in [2.45, 2.75) is 83.4 Å². The van der Waals surface area contributed by atoms with Crippen molar-refractivity contribution in [2.75, 3.05) is 13.2 Å². The Morgan fingerprint density at radius 1 is 1.17 bits per heavy atom. The lowest BCUT2D eigenvalue weighted by Crippen LogP contribution is -2.72. The molecule has 1 aliphatic heterocycles. The summed E-state index contributed by atoms with van der Waals surface area (Å²) in [6, 6.07) is 1.19. The second-order valence-corrected chi connectivity index (χ2v) is 8.39. The molecule has 3 aliphatic carbocycles. The lowest BCUT2D eigenvalue weighted by molar-refractivity contribution is -0.171. The molecular weight excluding hydrogens is 286 g/mol. The van der Waals surface area contributed by atoms with E-state index in [0.717, 1.165) is 25.0 Å². The van der Waals surface area contributed by atoms with Crippen LogP contribution in [0.1, 0.15) is 65.2 Å². The van der Waals surface area contributed by atoms with Crippen molar-refractivity contribution in [3.63, 3.8) is 0 Å². The van der Waals surface area contributed by atoms with Crippen molar-refractivity contribution < 1.29 is 4.74 Å². The fraction of sp³-hybridized carbons (Fsp3) is 0.947. The summed E-state index contributed by atoms with van der Waals surface area (Å²) in [6.07, 6.45) is 11.1. The highest BCUT2D eigenvalue weighted by Crippen LogP contribution is 2.62. The van der Waals surface area contributed by atoms with E-state index < -0.39 is 0 Å². The van der Waals surface area contributed by atoms with E-state index in [-0.39, 0.29) is 0 Å². The molecule has 0 radical (unpaired) electrons. The van der Waals surface area contributed by atoms with Gasteiger partial charge in [0, 0.05) is 36.6 Å². The smallest absolute Gasteiger partial charge is 0.191 e. The van der Waals surface area contributed by atoms with E-state index in [2.05, 4.69) is 24.5 Å². The monoisotopic (exact) mass is 319 g/mol. The van der Waals surface area contributed by atoms with Crippen LogP contribution in [0.5, 0.6) is 0 Å². The van der Waals surface area contributed by atoms with Gasteiger partial charge in [0.25, 0.3) is 0 Å². The zero-order valence-corrected chi connectivity index (χ0v) is 14.8. The van der Waals surface area contributed by atoms with E-state index in [1.807, 2.05) is 0 Å². The summed E-state index contributed by atoms with van der Waals surface area (Å²) >= 11 is 0. The SMILES string of the molecule is CCN=C(NC1CCCC(C)C1)NC1C2CCOC2C12CCC2. The lowest BCUT2D eigenvalue weighted by atomic mass is 9.46. The van der Waals surface area contributed by atoms with Gasteiger partial charge in [-0.1, -0.05) is 26.2 Å². The van der Waals surface area contributed by atoms with Gasteiger partial charge in [-0.25, -0.2) is 0 Å². The fourth-order valence-corrected chi connectivity index (χ4v) is 5.65. The highest BCUT2D eigenvalue weighted by Gasteiger charge is 2.66. The Bertz CT molecular complexity index is 460. The second-order valence-electron chi connectivity index (χ2n) is 8.39. The molecule has 4 nitrogen and oxygen atoms in total. The highest BCUT2D eigenvalue weighted by atomic mass is 16.5. The molecule has 0 bridgehead atoms. The van der Waals surface area contributed by atoms with Crippen LogP contribution in [0.15, 0.2) is 4.99 Å². The van der Waals surface area contributed by atoms with E-state index in [1.54, 1.807) is 0 Å². The van der Waals surface area contributed by atoms with E-state index in [0.29, 0.717) is 29.5 Å². The zero-order chi connectivity index (χ0) is 15.9. The number of aliphatic imine (C=N–C) groups is 1. The van der Waals surface area contributed by atoms with Crippen molar-refractivity contribution in [1.82, 2.24) is 10.6 Å². The summed E-state index contributed by atoms with van der Waals surface area (Å²) in [5.41, 5.74) is 0.428. The van der Waals surface area contributed by atoms with Crippen molar-refractivity contribution >= 4 is 5.96 Å². The molecule has 4 fully saturated rings. The minimum absolute atomic E-state index is 0.428. The molecule has 0 amide bonds. The maximum absolute atomic E-state index is 6.05. The third kappa shape index (κ3) is 2.67. The van der Waals surface area contributed by atoms with Gasteiger partial charge in [0.2, 0.25) is 0 Å². The molecule has 0 aromatic rings. The zero-order valence-electron chi connectivity index (χ0n) is 14.8. The van der Waals surface area contributed by atoms with Crippen molar-refractivity contribution in [3.05, 3.63) is 0 Å². The van der Waals surface area contributed by atoms with Gasteiger partial charge < -0.3 is 15.4 Å². The fourth-order valence-electron chi connectivity index (χ4n) is 5.65. The number of ether oxygens (including phenoxy) is 1. The molecule has 2 N–H and O–H groups in total. The molecule has 0 aromatic carbocycles. The van der Waals surface area contributed by atoms with E-state index in [4.69, 9.17) is 9.73 Å². The Balaban J connectivity index is 1.41. The average Bonchev–Trinajstić information content (AvgIpc) is 2.88. The van der Waals surface area contributed by atoms with Crippen LogP contribution >= 0.6 is 0 Å². The predicted octanol–water partition coefficient (Wildman–Crippen LogP) is 3.08. The van der Waals surface area contributed by atoms with Crippen molar-refractivity contribution in [2.24, 2.45) is 22.2 Å². The Kier molecular flexibility index (Phi) is 4.29. The number of hydrogen-bond acceptors (Lipinski definition) is 2. The Morgan fingerprint density at radius 3 is 2.74 bits per heavy atom.